The van der Waals surface area contributed by atoms with Gasteiger partial charge in [-0.1, -0.05) is 44.7 Å². The standard InChI is InChI=1S/C24H27N3O4S2/c1-5-33(29,30)27-13-12-17-14-18(8-11-20(17)27)21(28)15-32-23-26-25-22(31-23)16-6-9-19(10-7-16)24(2,3)4/h6-11,14H,5,12-13,15H2,1-4H3. The van der Waals surface area contributed by atoms with Crippen LogP contribution >= 0.6 is 11.8 Å². The van der Waals surface area contributed by atoms with E-state index >= 15 is 0 Å². The van der Waals surface area contributed by atoms with Crippen LogP contribution in [-0.4, -0.2) is 42.4 Å². The molecule has 3 aromatic rings. The van der Waals surface area contributed by atoms with E-state index in [1.54, 1.807) is 25.1 Å². The summed E-state index contributed by atoms with van der Waals surface area (Å²) in [6.45, 7) is 8.52. The normalized spacial score (nSPS) is 13.9. The van der Waals surface area contributed by atoms with Gasteiger partial charge in [-0.2, -0.15) is 0 Å². The van der Waals surface area contributed by atoms with Crippen molar-refractivity contribution in [3.8, 4) is 11.5 Å². The van der Waals surface area contributed by atoms with E-state index in [0.29, 0.717) is 35.3 Å². The molecule has 0 amide bonds. The molecule has 0 atom stereocenters. The van der Waals surface area contributed by atoms with E-state index in [9.17, 15) is 13.2 Å². The van der Waals surface area contributed by atoms with Crippen LogP contribution in [0.2, 0.25) is 0 Å². The maximum Gasteiger partial charge on any atom is 0.277 e. The first kappa shape index (κ1) is 23.5. The Morgan fingerprint density at radius 3 is 2.52 bits per heavy atom. The summed E-state index contributed by atoms with van der Waals surface area (Å²) in [5.74, 6) is 0.547. The first-order valence-electron chi connectivity index (χ1n) is 10.8. The van der Waals surface area contributed by atoms with Crippen LogP contribution in [0.1, 0.15) is 49.2 Å². The van der Waals surface area contributed by atoms with Gasteiger partial charge < -0.3 is 4.42 Å². The number of anilines is 1. The number of ketones is 1. The van der Waals surface area contributed by atoms with Gasteiger partial charge in [0.1, 0.15) is 0 Å². The molecular formula is C24H27N3O4S2. The minimum atomic E-state index is -3.30. The SMILES string of the molecule is CCS(=O)(=O)N1CCc2cc(C(=O)CSc3nnc(-c4ccc(C(C)(C)C)cc4)o3)ccc21. The molecule has 0 saturated heterocycles. The van der Waals surface area contributed by atoms with Crippen molar-refractivity contribution in [3.05, 3.63) is 59.2 Å². The molecule has 9 heteroatoms. The van der Waals surface area contributed by atoms with Crippen LogP contribution in [0.3, 0.4) is 0 Å². The number of nitrogens with zero attached hydrogens (tertiary/aromatic N) is 3. The summed E-state index contributed by atoms with van der Waals surface area (Å²) in [6.07, 6.45) is 0.601. The number of hydrogen-bond donors (Lipinski definition) is 0. The lowest BCUT2D eigenvalue weighted by Crippen LogP contribution is -2.30. The van der Waals surface area contributed by atoms with Crippen molar-refractivity contribution in [2.75, 3.05) is 22.4 Å². The number of hydrogen-bond acceptors (Lipinski definition) is 7. The molecule has 1 aromatic heterocycles. The molecular weight excluding hydrogens is 458 g/mol. The molecule has 0 aliphatic carbocycles. The molecule has 7 nitrogen and oxygen atoms in total. The molecule has 2 heterocycles. The summed E-state index contributed by atoms with van der Waals surface area (Å²) in [5.41, 5.74) is 4.21. The first-order valence-corrected chi connectivity index (χ1v) is 13.4. The number of rotatable bonds is 7. The van der Waals surface area contributed by atoms with E-state index in [-0.39, 0.29) is 22.7 Å². The maximum atomic E-state index is 12.7. The van der Waals surface area contributed by atoms with Crippen molar-refractivity contribution in [2.24, 2.45) is 0 Å². The summed E-state index contributed by atoms with van der Waals surface area (Å²) in [7, 11) is -3.30. The van der Waals surface area contributed by atoms with Gasteiger partial charge in [0.2, 0.25) is 15.9 Å². The Morgan fingerprint density at radius 1 is 1.12 bits per heavy atom. The molecule has 0 spiro atoms. The van der Waals surface area contributed by atoms with E-state index in [0.717, 1.165) is 11.1 Å². The Hall–Kier alpha value is -2.65. The van der Waals surface area contributed by atoms with E-state index in [1.807, 2.05) is 12.1 Å². The predicted octanol–water partition coefficient (Wildman–Crippen LogP) is 4.72. The molecule has 2 aromatic carbocycles. The molecule has 1 aliphatic heterocycles. The molecule has 4 rings (SSSR count). The van der Waals surface area contributed by atoms with Gasteiger partial charge in [-0.05, 0) is 60.2 Å². The lowest BCUT2D eigenvalue weighted by atomic mass is 9.87. The molecule has 33 heavy (non-hydrogen) atoms. The Labute approximate surface area is 198 Å². The number of aromatic nitrogens is 2. The highest BCUT2D eigenvalue weighted by atomic mass is 32.2. The first-order chi connectivity index (χ1) is 15.6. The molecule has 0 radical (unpaired) electrons. The van der Waals surface area contributed by atoms with Gasteiger partial charge in [-0.15, -0.1) is 10.2 Å². The van der Waals surface area contributed by atoms with Crippen molar-refractivity contribution < 1.29 is 17.6 Å². The number of thioether (sulfide) groups is 1. The van der Waals surface area contributed by atoms with Crippen molar-refractivity contribution in [3.63, 3.8) is 0 Å². The highest BCUT2D eigenvalue weighted by Crippen LogP contribution is 2.32. The van der Waals surface area contributed by atoms with Crippen LogP contribution in [0.25, 0.3) is 11.5 Å². The fourth-order valence-corrected chi connectivity index (χ4v) is 5.51. The summed E-state index contributed by atoms with van der Waals surface area (Å²) < 4.78 is 31.6. The number of carbonyl (C=O) groups excluding carboxylic acids is 1. The summed E-state index contributed by atoms with van der Waals surface area (Å²) in [5, 5.41) is 8.49. The van der Waals surface area contributed by atoms with Gasteiger partial charge in [0.15, 0.2) is 5.78 Å². The van der Waals surface area contributed by atoms with Crippen molar-refractivity contribution in [2.45, 2.75) is 44.8 Å². The maximum absolute atomic E-state index is 12.7. The number of benzene rings is 2. The third-order valence-electron chi connectivity index (χ3n) is 5.69. The number of Topliss-reactive ketones (excluding diaryl/α,β-unsaturated/α-hetero) is 1. The Morgan fingerprint density at radius 2 is 1.85 bits per heavy atom. The van der Waals surface area contributed by atoms with E-state index in [2.05, 4.69) is 43.1 Å². The second-order valence-electron chi connectivity index (χ2n) is 8.98. The lowest BCUT2D eigenvalue weighted by molar-refractivity contribution is 0.102. The average Bonchev–Trinajstić information content (AvgIpc) is 3.44. The van der Waals surface area contributed by atoms with Crippen LogP contribution in [0.15, 0.2) is 52.1 Å². The van der Waals surface area contributed by atoms with Crippen LogP contribution in [-0.2, 0) is 21.9 Å². The topological polar surface area (TPSA) is 93.4 Å². The average molecular weight is 486 g/mol. The van der Waals surface area contributed by atoms with Crippen molar-refractivity contribution >= 4 is 33.3 Å². The Balaban J connectivity index is 1.41. The number of carbonyl (C=O) groups is 1. The van der Waals surface area contributed by atoms with Crippen LogP contribution in [0.5, 0.6) is 0 Å². The van der Waals surface area contributed by atoms with Crippen molar-refractivity contribution in [1.29, 1.82) is 0 Å². The largest absolute Gasteiger partial charge is 0.411 e. The fraction of sp³-hybridized carbons (Fsp3) is 0.375. The van der Waals surface area contributed by atoms with Gasteiger partial charge in [0.05, 0.1) is 17.2 Å². The monoisotopic (exact) mass is 485 g/mol. The molecule has 0 N–H and O–H groups in total. The van der Waals surface area contributed by atoms with E-state index in [1.165, 1.54) is 21.6 Å². The minimum absolute atomic E-state index is 0.0522. The zero-order valence-corrected chi connectivity index (χ0v) is 20.8. The predicted molar refractivity (Wildman–Crippen MR) is 130 cm³/mol. The zero-order chi connectivity index (χ0) is 23.8. The quantitative estimate of drug-likeness (QED) is 0.353. The van der Waals surface area contributed by atoms with Crippen LogP contribution < -0.4 is 4.31 Å². The highest BCUT2D eigenvalue weighted by Gasteiger charge is 2.28. The van der Waals surface area contributed by atoms with Crippen LogP contribution in [0, 0.1) is 0 Å². The van der Waals surface area contributed by atoms with E-state index in [4.69, 9.17) is 4.42 Å². The molecule has 0 fully saturated rings. The molecule has 0 bridgehead atoms. The van der Waals surface area contributed by atoms with Gasteiger partial charge >= 0.3 is 0 Å². The highest BCUT2D eigenvalue weighted by molar-refractivity contribution is 7.99. The Kier molecular flexibility index (Phi) is 6.37. The summed E-state index contributed by atoms with van der Waals surface area (Å²) in [6, 6.07) is 13.2. The molecule has 0 saturated carbocycles. The van der Waals surface area contributed by atoms with Crippen LogP contribution in [0.4, 0.5) is 5.69 Å². The smallest absolute Gasteiger partial charge is 0.277 e. The van der Waals surface area contributed by atoms with Gasteiger partial charge in [-0.25, -0.2) is 8.42 Å². The summed E-state index contributed by atoms with van der Waals surface area (Å²) in [4.78, 5) is 12.7. The second kappa shape index (κ2) is 8.95. The van der Waals surface area contributed by atoms with Crippen molar-refractivity contribution in [1.82, 2.24) is 10.2 Å². The third kappa shape index (κ3) is 4.99. The Bertz CT molecular complexity index is 1280. The number of sulfonamides is 1. The zero-order valence-electron chi connectivity index (χ0n) is 19.2. The van der Waals surface area contributed by atoms with Gasteiger partial charge in [0, 0.05) is 17.7 Å². The summed E-state index contributed by atoms with van der Waals surface area (Å²) >= 11 is 1.19. The molecule has 0 unspecified atom stereocenters. The van der Waals surface area contributed by atoms with E-state index < -0.39 is 10.0 Å². The lowest BCUT2D eigenvalue weighted by Gasteiger charge is -2.18. The minimum Gasteiger partial charge on any atom is -0.411 e. The van der Waals surface area contributed by atoms with Gasteiger partial charge in [-0.3, -0.25) is 9.10 Å². The fourth-order valence-electron chi connectivity index (χ4n) is 3.70. The third-order valence-corrected chi connectivity index (χ3v) is 8.28. The van der Waals surface area contributed by atoms with Gasteiger partial charge in [0.25, 0.3) is 5.22 Å². The molecule has 174 valence electrons. The number of fused-ring (bicyclic) bond motifs is 1. The second-order valence-corrected chi connectivity index (χ2v) is 12.1. The molecule has 1 aliphatic rings.